The van der Waals surface area contributed by atoms with Gasteiger partial charge in [-0.1, -0.05) is 41.9 Å². The van der Waals surface area contributed by atoms with E-state index in [-0.39, 0.29) is 11.6 Å². The molecule has 3 rings (SSSR count). The van der Waals surface area contributed by atoms with Gasteiger partial charge in [0.05, 0.1) is 16.9 Å². The highest BCUT2D eigenvalue weighted by atomic mass is 35.5. The third-order valence-corrected chi connectivity index (χ3v) is 3.66. The topological polar surface area (TPSA) is 66.9 Å². The highest BCUT2D eigenvalue weighted by molar-refractivity contribution is 6.33. The number of rotatable bonds is 5. The number of anilines is 2. The van der Waals surface area contributed by atoms with Crippen LogP contribution in [0.4, 0.5) is 11.4 Å². The zero-order valence-electron chi connectivity index (χ0n) is 12.7. The molecule has 1 amide bonds. The van der Waals surface area contributed by atoms with Crippen LogP contribution < -0.4 is 10.6 Å². The number of carbonyl (C=O) groups excluding carboxylic acids is 1. The molecule has 2 aromatic carbocycles. The van der Waals surface area contributed by atoms with Crippen LogP contribution in [0.1, 0.15) is 16.1 Å². The van der Waals surface area contributed by atoms with E-state index in [1.165, 1.54) is 18.6 Å². The molecule has 0 aliphatic heterocycles. The van der Waals surface area contributed by atoms with Crippen LogP contribution in [0.2, 0.25) is 5.02 Å². The first-order valence-electron chi connectivity index (χ1n) is 7.37. The molecule has 0 aliphatic rings. The van der Waals surface area contributed by atoms with Crippen LogP contribution in [-0.2, 0) is 6.54 Å². The largest absolute Gasteiger partial charge is 0.380 e. The lowest BCUT2D eigenvalue weighted by atomic mass is 10.2. The van der Waals surface area contributed by atoms with Crippen LogP contribution in [0.5, 0.6) is 0 Å². The first-order chi connectivity index (χ1) is 11.7. The van der Waals surface area contributed by atoms with E-state index in [1.54, 1.807) is 12.1 Å². The van der Waals surface area contributed by atoms with Gasteiger partial charge in [0.25, 0.3) is 5.91 Å². The lowest BCUT2D eigenvalue weighted by Crippen LogP contribution is -2.13. The van der Waals surface area contributed by atoms with Crippen LogP contribution in [0, 0.1) is 0 Å². The predicted octanol–water partition coefficient (Wildman–Crippen LogP) is 3.99. The molecular formula is C18H15ClN4O. The molecule has 1 heterocycles. The summed E-state index contributed by atoms with van der Waals surface area (Å²) >= 11 is 6.28. The summed E-state index contributed by atoms with van der Waals surface area (Å²) in [7, 11) is 0. The Morgan fingerprint density at radius 2 is 1.92 bits per heavy atom. The normalized spacial score (nSPS) is 10.2. The molecular weight excluding hydrogens is 324 g/mol. The monoisotopic (exact) mass is 338 g/mol. The number of carbonyl (C=O) groups is 1. The van der Waals surface area contributed by atoms with Crippen molar-refractivity contribution in [3.05, 3.63) is 83.4 Å². The number of nitrogens with one attached hydrogen (secondary N) is 2. The fourth-order valence-electron chi connectivity index (χ4n) is 2.14. The maximum atomic E-state index is 12.0. The van der Waals surface area contributed by atoms with Crippen molar-refractivity contribution in [1.29, 1.82) is 0 Å². The summed E-state index contributed by atoms with van der Waals surface area (Å²) in [5.74, 6) is -0.329. The molecule has 6 heteroatoms. The average Bonchev–Trinajstić information content (AvgIpc) is 2.62. The molecule has 0 unspecified atom stereocenters. The van der Waals surface area contributed by atoms with Gasteiger partial charge in [-0.25, -0.2) is 4.98 Å². The summed E-state index contributed by atoms with van der Waals surface area (Å²) in [6, 6.07) is 15.3. The fraction of sp³-hybridized carbons (Fsp3) is 0.0556. The number of halogens is 1. The van der Waals surface area contributed by atoms with E-state index >= 15 is 0 Å². The average molecular weight is 339 g/mol. The van der Waals surface area contributed by atoms with E-state index in [4.69, 9.17) is 11.6 Å². The van der Waals surface area contributed by atoms with E-state index < -0.39 is 0 Å². The molecule has 0 spiro atoms. The second-order valence-corrected chi connectivity index (χ2v) is 5.49. The molecule has 1 aromatic heterocycles. The first-order valence-corrected chi connectivity index (χ1v) is 7.75. The van der Waals surface area contributed by atoms with Crippen molar-refractivity contribution >= 4 is 28.9 Å². The Bertz CT molecular complexity index is 825. The summed E-state index contributed by atoms with van der Waals surface area (Å²) in [5, 5.41) is 6.55. The van der Waals surface area contributed by atoms with Gasteiger partial charge in [0.1, 0.15) is 5.69 Å². The lowest BCUT2D eigenvalue weighted by Gasteiger charge is -2.11. The molecule has 2 N–H and O–H groups in total. The Labute approximate surface area is 144 Å². The Morgan fingerprint density at radius 1 is 1.08 bits per heavy atom. The minimum Gasteiger partial charge on any atom is -0.380 e. The highest BCUT2D eigenvalue weighted by Gasteiger charge is 2.09. The summed E-state index contributed by atoms with van der Waals surface area (Å²) in [4.78, 5) is 19.9. The smallest absolute Gasteiger partial charge is 0.275 e. The minimum atomic E-state index is -0.329. The first kappa shape index (κ1) is 16.0. The molecule has 0 radical (unpaired) electrons. The molecule has 0 bridgehead atoms. The number of benzene rings is 2. The SMILES string of the molecule is O=C(Nc1ccc(NCc2ccccc2)c(Cl)c1)c1cnccn1. The lowest BCUT2D eigenvalue weighted by molar-refractivity contribution is 0.102. The Morgan fingerprint density at radius 3 is 2.62 bits per heavy atom. The van der Waals surface area contributed by atoms with Gasteiger partial charge in [0.15, 0.2) is 0 Å². The molecule has 5 nitrogen and oxygen atoms in total. The van der Waals surface area contributed by atoms with Crippen molar-refractivity contribution in [2.75, 3.05) is 10.6 Å². The maximum Gasteiger partial charge on any atom is 0.275 e. The zero-order valence-corrected chi connectivity index (χ0v) is 13.5. The van der Waals surface area contributed by atoms with Crippen molar-refractivity contribution in [2.45, 2.75) is 6.54 Å². The van der Waals surface area contributed by atoms with Crippen molar-refractivity contribution < 1.29 is 4.79 Å². The van der Waals surface area contributed by atoms with Gasteiger partial charge in [0, 0.05) is 24.6 Å². The van der Waals surface area contributed by atoms with Crippen molar-refractivity contribution in [2.24, 2.45) is 0 Å². The van der Waals surface area contributed by atoms with E-state index in [0.717, 1.165) is 11.3 Å². The third-order valence-electron chi connectivity index (χ3n) is 3.35. The quantitative estimate of drug-likeness (QED) is 0.738. The van der Waals surface area contributed by atoms with Gasteiger partial charge in [-0.3, -0.25) is 9.78 Å². The second kappa shape index (κ2) is 7.57. The minimum absolute atomic E-state index is 0.250. The van der Waals surface area contributed by atoms with Gasteiger partial charge in [0.2, 0.25) is 0 Å². The Hall–Kier alpha value is -2.92. The number of nitrogens with zero attached hydrogens (tertiary/aromatic N) is 2. The van der Waals surface area contributed by atoms with Gasteiger partial charge in [-0.05, 0) is 23.8 Å². The fourth-order valence-corrected chi connectivity index (χ4v) is 2.39. The van der Waals surface area contributed by atoms with E-state index in [1.807, 2.05) is 36.4 Å². The molecule has 3 aromatic rings. The molecule has 0 aliphatic carbocycles. The summed E-state index contributed by atoms with van der Waals surface area (Å²) in [5.41, 5.74) is 2.81. The van der Waals surface area contributed by atoms with Crippen LogP contribution in [0.25, 0.3) is 0 Å². The van der Waals surface area contributed by atoms with E-state index in [9.17, 15) is 4.79 Å². The standard InChI is InChI=1S/C18H15ClN4O/c19-15-10-14(23-18(24)17-12-20-8-9-21-17)6-7-16(15)22-11-13-4-2-1-3-5-13/h1-10,12,22H,11H2,(H,23,24). The van der Waals surface area contributed by atoms with Crippen LogP contribution in [-0.4, -0.2) is 15.9 Å². The highest BCUT2D eigenvalue weighted by Crippen LogP contribution is 2.26. The summed E-state index contributed by atoms with van der Waals surface area (Å²) < 4.78 is 0. The second-order valence-electron chi connectivity index (χ2n) is 5.08. The van der Waals surface area contributed by atoms with E-state index in [0.29, 0.717) is 17.3 Å². The Kier molecular flexibility index (Phi) is 5.03. The van der Waals surface area contributed by atoms with E-state index in [2.05, 4.69) is 20.6 Å². The number of amides is 1. The summed E-state index contributed by atoms with van der Waals surface area (Å²) in [6.07, 6.45) is 4.39. The van der Waals surface area contributed by atoms with Gasteiger partial charge >= 0.3 is 0 Å². The molecule has 24 heavy (non-hydrogen) atoms. The maximum absolute atomic E-state index is 12.0. The third kappa shape index (κ3) is 4.08. The van der Waals surface area contributed by atoms with Gasteiger partial charge < -0.3 is 10.6 Å². The summed E-state index contributed by atoms with van der Waals surface area (Å²) in [6.45, 7) is 0.672. The number of aromatic nitrogens is 2. The van der Waals surface area contributed by atoms with Crippen molar-refractivity contribution in [3.8, 4) is 0 Å². The van der Waals surface area contributed by atoms with Crippen molar-refractivity contribution in [1.82, 2.24) is 9.97 Å². The number of hydrogen-bond donors (Lipinski definition) is 2. The van der Waals surface area contributed by atoms with Gasteiger partial charge in [-0.2, -0.15) is 0 Å². The molecule has 0 saturated carbocycles. The van der Waals surface area contributed by atoms with Crippen LogP contribution in [0.3, 0.4) is 0 Å². The Balaban J connectivity index is 1.65. The van der Waals surface area contributed by atoms with Gasteiger partial charge in [-0.15, -0.1) is 0 Å². The zero-order chi connectivity index (χ0) is 16.8. The molecule has 0 saturated heterocycles. The predicted molar refractivity (Wildman–Crippen MR) is 95.2 cm³/mol. The van der Waals surface area contributed by atoms with Crippen LogP contribution in [0.15, 0.2) is 67.1 Å². The molecule has 0 fully saturated rings. The van der Waals surface area contributed by atoms with Crippen LogP contribution >= 0.6 is 11.6 Å². The molecule has 0 atom stereocenters. The molecule has 120 valence electrons. The number of hydrogen-bond acceptors (Lipinski definition) is 4. The van der Waals surface area contributed by atoms with Crippen molar-refractivity contribution in [3.63, 3.8) is 0 Å².